The van der Waals surface area contributed by atoms with Gasteiger partial charge in [-0.3, -0.25) is 0 Å². The van der Waals surface area contributed by atoms with Gasteiger partial charge in [-0.15, -0.1) is 11.3 Å². The van der Waals surface area contributed by atoms with Gasteiger partial charge in [-0.05, 0) is 44.4 Å². The highest BCUT2D eigenvalue weighted by molar-refractivity contribution is 7.18. The average Bonchev–Trinajstić information content (AvgIpc) is 2.71. The fourth-order valence-electron chi connectivity index (χ4n) is 2.13. The van der Waals surface area contributed by atoms with E-state index in [1.54, 1.807) is 0 Å². The minimum Gasteiger partial charge on any atom is -0.328 e. The zero-order chi connectivity index (χ0) is 13.1. The molecule has 2 rings (SSSR count). The van der Waals surface area contributed by atoms with Crippen LogP contribution in [0.5, 0.6) is 0 Å². The molecule has 1 aromatic heterocycles. The number of rotatable bonds is 5. The van der Waals surface area contributed by atoms with Gasteiger partial charge in [0.05, 0.1) is 15.2 Å². The van der Waals surface area contributed by atoms with Crippen LogP contribution in [0.4, 0.5) is 0 Å². The number of aryl methyl sites for hydroxylation is 1. The summed E-state index contributed by atoms with van der Waals surface area (Å²) in [5.74, 6) is 0.543. The predicted molar refractivity (Wildman–Crippen MR) is 80.3 cm³/mol. The largest absolute Gasteiger partial charge is 0.328 e. The van der Waals surface area contributed by atoms with Crippen LogP contribution in [-0.2, 0) is 0 Å². The molecular formula is C15H22N2S. The molecule has 1 heterocycles. The fraction of sp³-hybridized carbons (Fsp3) is 0.533. The predicted octanol–water partition coefficient (Wildman–Crippen LogP) is 4.23. The Bertz CT molecular complexity index is 516. The van der Waals surface area contributed by atoms with Crippen molar-refractivity contribution >= 4 is 21.6 Å². The highest BCUT2D eigenvalue weighted by Gasteiger charge is 2.11. The molecule has 3 heteroatoms. The van der Waals surface area contributed by atoms with E-state index < -0.39 is 0 Å². The van der Waals surface area contributed by atoms with E-state index in [0.29, 0.717) is 12.0 Å². The van der Waals surface area contributed by atoms with Gasteiger partial charge in [0.15, 0.2) is 0 Å². The van der Waals surface area contributed by atoms with Gasteiger partial charge in [-0.1, -0.05) is 19.4 Å². The van der Waals surface area contributed by atoms with Crippen LogP contribution in [0.1, 0.15) is 49.6 Å². The Morgan fingerprint density at radius 1 is 1.28 bits per heavy atom. The molecule has 1 aromatic carbocycles. The summed E-state index contributed by atoms with van der Waals surface area (Å²) in [5, 5.41) is 1.26. The summed E-state index contributed by atoms with van der Waals surface area (Å²) in [6.45, 7) is 6.47. The van der Waals surface area contributed by atoms with E-state index in [0.717, 1.165) is 11.9 Å². The summed E-state index contributed by atoms with van der Waals surface area (Å²) in [6.07, 6.45) is 3.47. The van der Waals surface area contributed by atoms with Crippen LogP contribution >= 0.6 is 11.3 Å². The van der Waals surface area contributed by atoms with Crippen molar-refractivity contribution in [3.8, 4) is 0 Å². The summed E-state index contributed by atoms with van der Waals surface area (Å²) in [5.41, 5.74) is 8.23. The third-order valence-corrected chi connectivity index (χ3v) is 4.53. The van der Waals surface area contributed by atoms with Crippen LogP contribution in [-0.4, -0.2) is 11.0 Å². The van der Waals surface area contributed by atoms with E-state index in [9.17, 15) is 0 Å². The van der Waals surface area contributed by atoms with Crippen LogP contribution in [0.3, 0.4) is 0 Å². The zero-order valence-electron chi connectivity index (χ0n) is 11.4. The van der Waals surface area contributed by atoms with Crippen LogP contribution in [0.25, 0.3) is 10.2 Å². The molecule has 0 saturated heterocycles. The first-order valence-electron chi connectivity index (χ1n) is 6.69. The normalized spacial score (nSPS) is 14.9. The number of thiazole rings is 1. The van der Waals surface area contributed by atoms with Gasteiger partial charge < -0.3 is 5.73 Å². The van der Waals surface area contributed by atoms with Gasteiger partial charge in [-0.25, -0.2) is 4.98 Å². The first-order chi connectivity index (χ1) is 8.56. The molecule has 0 bridgehead atoms. The summed E-state index contributed by atoms with van der Waals surface area (Å²) < 4.78 is 1.31. The van der Waals surface area contributed by atoms with Crippen molar-refractivity contribution in [3.63, 3.8) is 0 Å². The average molecular weight is 262 g/mol. The van der Waals surface area contributed by atoms with Crippen molar-refractivity contribution in [1.29, 1.82) is 0 Å². The SMILES string of the molecule is Cc1ccc2nc(C(C)CCCC(C)N)sc2c1. The molecule has 98 valence electrons. The first kappa shape index (κ1) is 13.5. The monoisotopic (exact) mass is 262 g/mol. The second-order valence-electron chi connectivity index (χ2n) is 5.33. The second-order valence-corrected chi connectivity index (χ2v) is 6.39. The number of nitrogens with zero attached hydrogens (tertiary/aromatic N) is 1. The lowest BCUT2D eigenvalue weighted by Gasteiger charge is -2.09. The molecule has 18 heavy (non-hydrogen) atoms. The number of hydrogen-bond acceptors (Lipinski definition) is 3. The molecule has 2 atom stereocenters. The van der Waals surface area contributed by atoms with Crippen LogP contribution in [0, 0.1) is 6.92 Å². The minimum atomic E-state index is 0.315. The molecule has 2 nitrogen and oxygen atoms in total. The van der Waals surface area contributed by atoms with Crippen molar-refractivity contribution in [2.45, 2.75) is 52.0 Å². The summed E-state index contributed by atoms with van der Waals surface area (Å²) in [7, 11) is 0. The van der Waals surface area contributed by atoms with Gasteiger partial charge in [0.1, 0.15) is 0 Å². The number of benzene rings is 1. The lowest BCUT2D eigenvalue weighted by Crippen LogP contribution is -2.14. The Labute approximate surface area is 113 Å². The van der Waals surface area contributed by atoms with Crippen LogP contribution in [0.15, 0.2) is 18.2 Å². The van der Waals surface area contributed by atoms with Crippen molar-refractivity contribution in [2.75, 3.05) is 0 Å². The van der Waals surface area contributed by atoms with E-state index >= 15 is 0 Å². The lowest BCUT2D eigenvalue weighted by molar-refractivity contribution is 0.556. The highest BCUT2D eigenvalue weighted by Crippen LogP contribution is 2.30. The summed E-state index contributed by atoms with van der Waals surface area (Å²) in [6, 6.07) is 6.80. The van der Waals surface area contributed by atoms with E-state index in [1.807, 2.05) is 11.3 Å². The quantitative estimate of drug-likeness (QED) is 0.876. The Balaban J connectivity index is 2.06. The van der Waals surface area contributed by atoms with Gasteiger partial charge in [0, 0.05) is 12.0 Å². The Kier molecular flexibility index (Phi) is 4.36. The molecule has 0 aliphatic carbocycles. The van der Waals surface area contributed by atoms with Gasteiger partial charge in [0.25, 0.3) is 0 Å². The molecule has 0 saturated carbocycles. The van der Waals surface area contributed by atoms with Crippen molar-refractivity contribution in [2.24, 2.45) is 5.73 Å². The Morgan fingerprint density at radius 3 is 2.78 bits per heavy atom. The maximum atomic E-state index is 5.78. The van der Waals surface area contributed by atoms with E-state index in [1.165, 1.54) is 28.1 Å². The highest BCUT2D eigenvalue weighted by atomic mass is 32.1. The van der Waals surface area contributed by atoms with Crippen LogP contribution in [0.2, 0.25) is 0 Å². The first-order valence-corrected chi connectivity index (χ1v) is 7.50. The molecule has 0 radical (unpaired) electrons. The molecule has 0 amide bonds. The van der Waals surface area contributed by atoms with Crippen LogP contribution < -0.4 is 5.73 Å². The van der Waals surface area contributed by atoms with Crippen molar-refractivity contribution in [1.82, 2.24) is 4.98 Å². The molecule has 0 aliphatic rings. The van der Waals surface area contributed by atoms with Gasteiger partial charge >= 0.3 is 0 Å². The maximum absolute atomic E-state index is 5.78. The van der Waals surface area contributed by atoms with Gasteiger partial charge in [-0.2, -0.15) is 0 Å². The van der Waals surface area contributed by atoms with E-state index in [4.69, 9.17) is 10.7 Å². The number of fused-ring (bicyclic) bond motifs is 1. The Morgan fingerprint density at radius 2 is 2.06 bits per heavy atom. The van der Waals surface area contributed by atoms with Crippen molar-refractivity contribution in [3.05, 3.63) is 28.8 Å². The standard InChI is InChI=1S/C15H22N2S/c1-10-7-8-13-14(9-10)18-15(17-13)11(2)5-4-6-12(3)16/h7-9,11-12H,4-6,16H2,1-3H3. The second kappa shape index (κ2) is 5.81. The third-order valence-electron chi connectivity index (χ3n) is 3.28. The molecule has 2 N–H and O–H groups in total. The zero-order valence-corrected chi connectivity index (χ0v) is 12.3. The number of aromatic nitrogens is 1. The molecule has 2 unspecified atom stereocenters. The molecule has 0 fully saturated rings. The van der Waals surface area contributed by atoms with Gasteiger partial charge in [0.2, 0.25) is 0 Å². The number of nitrogens with two attached hydrogens (primary N) is 1. The fourth-order valence-corrected chi connectivity index (χ4v) is 3.28. The van der Waals surface area contributed by atoms with E-state index in [-0.39, 0.29) is 0 Å². The molecule has 0 aliphatic heterocycles. The maximum Gasteiger partial charge on any atom is 0.0966 e. The smallest absolute Gasteiger partial charge is 0.0966 e. The topological polar surface area (TPSA) is 38.9 Å². The lowest BCUT2D eigenvalue weighted by atomic mass is 10.0. The third kappa shape index (κ3) is 3.30. The van der Waals surface area contributed by atoms with Crippen molar-refractivity contribution < 1.29 is 0 Å². The minimum absolute atomic E-state index is 0.315. The molecular weight excluding hydrogens is 240 g/mol. The number of hydrogen-bond donors (Lipinski definition) is 1. The molecule has 2 aromatic rings. The molecule has 0 spiro atoms. The Hall–Kier alpha value is -0.930. The summed E-state index contributed by atoms with van der Waals surface area (Å²) in [4.78, 5) is 4.74. The van der Waals surface area contributed by atoms with E-state index in [2.05, 4.69) is 39.0 Å². The summed E-state index contributed by atoms with van der Waals surface area (Å²) >= 11 is 1.84.